The van der Waals surface area contributed by atoms with Crippen molar-refractivity contribution in [3.63, 3.8) is 0 Å². The number of benzene rings is 1. The van der Waals surface area contributed by atoms with Gasteiger partial charge in [-0.1, -0.05) is 13.8 Å². The van der Waals surface area contributed by atoms with Crippen molar-refractivity contribution in [2.75, 3.05) is 20.7 Å². The molecule has 0 aromatic heterocycles. The molecular formula is C16H24N2O6S. The van der Waals surface area contributed by atoms with E-state index in [0.717, 1.165) is 0 Å². The fourth-order valence-corrected chi connectivity index (χ4v) is 3.21. The molecule has 0 heterocycles. The summed E-state index contributed by atoms with van der Waals surface area (Å²) in [5.74, 6) is -1.96. The Kier molecular flexibility index (Phi) is 7.38. The molecule has 0 fully saturated rings. The number of methoxy groups -OCH3 is 1. The summed E-state index contributed by atoms with van der Waals surface area (Å²) >= 11 is 0. The summed E-state index contributed by atoms with van der Waals surface area (Å²) in [6.45, 7) is 3.76. The molecule has 9 heteroatoms. The predicted molar refractivity (Wildman–Crippen MR) is 92.2 cm³/mol. The highest BCUT2D eigenvalue weighted by atomic mass is 32.2. The van der Waals surface area contributed by atoms with Gasteiger partial charge in [-0.25, -0.2) is 13.1 Å². The van der Waals surface area contributed by atoms with Crippen molar-refractivity contribution in [2.24, 2.45) is 11.8 Å². The van der Waals surface area contributed by atoms with Crippen molar-refractivity contribution < 1.29 is 27.9 Å². The number of carboxylic acid groups (broad SMARTS) is 1. The summed E-state index contributed by atoms with van der Waals surface area (Å²) < 4.78 is 31.2. The lowest BCUT2D eigenvalue weighted by molar-refractivity contribution is -0.142. The van der Waals surface area contributed by atoms with Gasteiger partial charge in [0.2, 0.25) is 10.0 Å². The third-order valence-corrected chi connectivity index (χ3v) is 5.03. The second-order valence-electron chi connectivity index (χ2n) is 5.95. The van der Waals surface area contributed by atoms with Crippen LogP contribution in [0, 0.1) is 11.8 Å². The normalized spacial score (nSPS) is 12.7. The molecule has 0 bridgehead atoms. The van der Waals surface area contributed by atoms with Crippen molar-refractivity contribution in [3.8, 4) is 5.75 Å². The Morgan fingerprint density at radius 2 is 1.92 bits per heavy atom. The monoisotopic (exact) mass is 372 g/mol. The molecule has 1 amide bonds. The molecule has 0 aliphatic carbocycles. The average Bonchev–Trinajstić information content (AvgIpc) is 2.57. The molecule has 140 valence electrons. The number of hydrogen-bond donors (Lipinski definition) is 3. The van der Waals surface area contributed by atoms with Crippen LogP contribution in [0.15, 0.2) is 23.1 Å². The lowest BCUT2D eigenvalue weighted by atomic mass is 9.97. The Morgan fingerprint density at radius 3 is 2.40 bits per heavy atom. The molecule has 1 atom stereocenters. The van der Waals surface area contributed by atoms with Crippen molar-refractivity contribution in [1.82, 2.24) is 10.0 Å². The summed E-state index contributed by atoms with van der Waals surface area (Å²) in [5.41, 5.74) is 0.100. The van der Waals surface area contributed by atoms with Crippen LogP contribution in [0.2, 0.25) is 0 Å². The van der Waals surface area contributed by atoms with Gasteiger partial charge in [0.05, 0.1) is 13.0 Å². The summed E-state index contributed by atoms with van der Waals surface area (Å²) in [6.07, 6.45) is 0.428. The highest BCUT2D eigenvalue weighted by Crippen LogP contribution is 2.24. The van der Waals surface area contributed by atoms with E-state index in [1.165, 1.54) is 32.4 Å². The summed E-state index contributed by atoms with van der Waals surface area (Å²) in [4.78, 5) is 23.3. The van der Waals surface area contributed by atoms with E-state index in [4.69, 9.17) is 4.74 Å². The largest absolute Gasteiger partial charge is 0.495 e. The molecule has 0 saturated heterocycles. The zero-order valence-electron chi connectivity index (χ0n) is 14.7. The van der Waals surface area contributed by atoms with Crippen molar-refractivity contribution >= 4 is 21.9 Å². The van der Waals surface area contributed by atoms with Crippen LogP contribution in [0.25, 0.3) is 0 Å². The molecule has 1 rings (SSSR count). The first-order valence-corrected chi connectivity index (χ1v) is 9.23. The number of ether oxygens (including phenoxy) is 1. The third-order valence-electron chi connectivity index (χ3n) is 3.60. The fourth-order valence-electron chi connectivity index (χ4n) is 2.30. The second kappa shape index (κ2) is 8.82. The van der Waals surface area contributed by atoms with Crippen LogP contribution < -0.4 is 14.8 Å². The predicted octanol–water partition coefficient (Wildman–Crippen LogP) is 1.08. The molecule has 3 N–H and O–H groups in total. The van der Waals surface area contributed by atoms with Gasteiger partial charge in [-0.2, -0.15) is 0 Å². The maximum absolute atomic E-state index is 12.3. The first-order chi connectivity index (χ1) is 11.6. The topological polar surface area (TPSA) is 122 Å². The lowest BCUT2D eigenvalue weighted by Crippen LogP contribution is -2.33. The van der Waals surface area contributed by atoms with Crippen LogP contribution in [0.4, 0.5) is 0 Å². The number of amides is 1. The van der Waals surface area contributed by atoms with Gasteiger partial charge in [0.1, 0.15) is 10.6 Å². The minimum absolute atomic E-state index is 0.0352. The molecule has 0 aliphatic rings. The van der Waals surface area contributed by atoms with Gasteiger partial charge < -0.3 is 15.2 Å². The van der Waals surface area contributed by atoms with Crippen LogP contribution in [0.5, 0.6) is 5.75 Å². The van der Waals surface area contributed by atoms with Gasteiger partial charge in [-0.05, 0) is 37.6 Å². The molecule has 1 unspecified atom stereocenters. The first kappa shape index (κ1) is 20.9. The maximum Gasteiger partial charge on any atom is 0.308 e. The average molecular weight is 372 g/mol. The number of rotatable bonds is 9. The quantitative estimate of drug-likeness (QED) is 0.596. The van der Waals surface area contributed by atoms with E-state index in [1.807, 2.05) is 13.8 Å². The summed E-state index contributed by atoms with van der Waals surface area (Å²) in [5, 5.41) is 11.7. The Morgan fingerprint density at radius 1 is 1.28 bits per heavy atom. The Bertz CT molecular complexity index is 730. The van der Waals surface area contributed by atoms with Gasteiger partial charge in [-0.3, -0.25) is 9.59 Å². The van der Waals surface area contributed by atoms with Gasteiger partial charge >= 0.3 is 5.97 Å². The summed E-state index contributed by atoms with van der Waals surface area (Å²) in [6, 6.07) is 3.99. The lowest BCUT2D eigenvalue weighted by Gasteiger charge is -2.16. The third kappa shape index (κ3) is 5.71. The van der Waals surface area contributed by atoms with Gasteiger partial charge in [0, 0.05) is 12.1 Å². The number of sulfonamides is 1. The first-order valence-electron chi connectivity index (χ1n) is 7.75. The molecule has 0 radical (unpaired) electrons. The molecule has 25 heavy (non-hydrogen) atoms. The van der Waals surface area contributed by atoms with E-state index in [-0.39, 0.29) is 28.7 Å². The highest BCUT2D eigenvalue weighted by molar-refractivity contribution is 7.89. The molecule has 0 aliphatic heterocycles. The summed E-state index contributed by atoms with van der Waals surface area (Å²) in [7, 11) is -1.23. The van der Waals surface area contributed by atoms with E-state index in [0.29, 0.717) is 6.42 Å². The number of nitrogens with one attached hydrogen (secondary N) is 2. The highest BCUT2D eigenvalue weighted by Gasteiger charge is 2.22. The van der Waals surface area contributed by atoms with Crippen LogP contribution in [-0.2, 0) is 14.8 Å². The second-order valence-corrected chi connectivity index (χ2v) is 7.80. The van der Waals surface area contributed by atoms with Crippen LogP contribution >= 0.6 is 0 Å². The van der Waals surface area contributed by atoms with E-state index < -0.39 is 27.8 Å². The molecule has 0 spiro atoms. The number of carbonyl (C=O) groups excluding carboxylic acids is 1. The zero-order valence-corrected chi connectivity index (χ0v) is 15.5. The molecule has 1 aromatic carbocycles. The van der Waals surface area contributed by atoms with Crippen molar-refractivity contribution in [2.45, 2.75) is 25.2 Å². The molecular weight excluding hydrogens is 348 g/mol. The van der Waals surface area contributed by atoms with Gasteiger partial charge in [0.15, 0.2) is 0 Å². The Balaban J connectivity index is 2.99. The van der Waals surface area contributed by atoms with Gasteiger partial charge in [0.25, 0.3) is 5.91 Å². The van der Waals surface area contributed by atoms with Crippen molar-refractivity contribution in [3.05, 3.63) is 23.8 Å². The number of aliphatic carboxylic acids is 1. The van der Waals surface area contributed by atoms with E-state index in [1.54, 1.807) is 0 Å². The maximum atomic E-state index is 12.3. The van der Waals surface area contributed by atoms with E-state index in [9.17, 15) is 23.1 Å². The Hall–Kier alpha value is -2.13. The Labute approximate surface area is 147 Å². The minimum Gasteiger partial charge on any atom is -0.495 e. The molecule has 0 saturated carbocycles. The number of carboxylic acids is 1. The van der Waals surface area contributed by atoms with Gasteiger partial charge in [-0.15, -0.1) is 0 Å². The molecule has 8 nitrogen and oxygen atoms in total. The fraction of sp³-hybridized carbons (Fsp3) is 0.500. The van der Waals surface area contributed by atoms with E-state index >= 15 is 0 Å². The number of hydrogen-bond acceptors (Lipinski definition) is 5. The van der Waals surface area contributed by atoms with Crippen molar-refractivity contribution in [1.29, 1.82) is 0 Å². The van der Waals surface area contributed by atoms with Crippen LogP contribution in [0.3, 0.4) is 0 Å². The van der Waals surface area contributed by atoms with Crippen LogP contribution in [-0.4, -0.2) is 46.1 Å². The standard InChI is InChI=1S/C16H24N2O6S/c1-10(2)7-12(16(20)21)9-18-15(19)11-5-6-13(24-4)14(8-11)25(22,23)17-3/h5-6,8,10,12,17H,7,9H2,1-4H3,(H,18,19)(H,20,21). The van der Waals surface area contributed by atoms with E-state index in [2.05, 4.69) is 10.0 Å². The SMILES string of the molecule is CNS(=O)(=O)c1cc(C(=O)NCC(CC(C)C)C(=O)O)ccc1OC. The minimum atomic E-state index is -3.81. The molecule has 1 aromatic rings. The zero-order chi connectivity index (χ0) is 19.2. The smallest absolute Gasteiger partial charge is 0.308 e. The number of carbonyl (C=O) groups is 2. The van der Waals surface area contributed by atoms with Crippen LogP contribution in [0.1, 0.15) is 30.6 Å².